The third kappa shape index (κ3) is 2.56. The van der Waals surface area contributed by atoms with E-state index in [0.717, 1.165) is 11.6 Å². The van der Waals surface area contributed by atoms with E-state index in [4.69, 9.17) is 0 Å². The highest BCUT2D eigenvalue weighted by atomic mass is 79.9. The molecule has 1 aromatic carbocycles. The Kier molecular flexibility index (Phi) is 3.91. The van der Waals surface area contributed by atoms with Crippen molar-refractivity contribution in [2.75, 3.05) is 7.05 Å². The van der Waals surface area contributed by atoms with E-state index in [0.29, 0.717) is 5.56 Å². The van der Waals surface area contributed by atoms with Crippen molar-refractivity contribution in [2.24, 2.45) is 0 Å². The minimum absolute atomic E-state index is 0.138. The molecule has 1 atom stereocenters. The van der Waals surface area contributed by atoms with Gasteiger partial charge in [0.25, 0.3) is 0 Å². The Hall–Kier alpha value is -0.780. The second kappa shape index (κ2) is 5.25. The Morgan fingerprint density at radius 3 is 2.65 bits per heavy atom. The van der Waals surface area contributed by atoms with Gasteiger partial charge in [0.2, 0.25) is 0 Å². The molecule has 1 N–H and O–H groups in total. The number of nitrogens with one attached hydrogen (secondary N) is 1. The first-order chi connectivity index (χ1) is 8.13. The summed E-state index contributed by atoms with van der Waals surface area (Å²) in [6.45, 7) is 0. The minimum atomic E-state index is -0.461. The number of benzene rings is 1. The SMILES string of the molecule is CNC(c1ccsc1)c1cc(F)c(Br)cc1F. The molecule has 0 saturated heterocycles. The average molecular weight is 318 g/mol. The van der Waals surface area contributed by atoms with Gasteiger partial charge in [-0.05, 0) is 57.5 Å². The van der Waals surface area contributed by atoms with Crippen molar-refractivity contribution in [1.29, 1.82) is 0 Å². The molecule has 2 aromatic rings. The van der Waals surface area contributed by atoms with Crippen LogP contribution in [-0.2, 0) is 0 Å². The molecule has 5 heteroatoms. The van der Waals surface area contributed by atoms with E-state index >= 15 is 0 Å². The van der Waals surface area contributed by atoms with Crippen LogP contribution in [0.25, 0.3) is 0 Å². The summed E-state index contributed by atoms with van der Waals surface area (Å²) in [5, 5.41) is 6.82. The summed E-state index contributed by atoms with van der Waals surface area (Å²) in [7, 11) is 1.72. The average Bonchev–Trinajstić information content (AvgIpc) is 2.80. The maximum Gasteiger partial charge on any atom is 0.137 e. The summed E-state index contributed by atoms with van der Waals surface area (Å²) in [6, 6.07) is 3.94. The van der Waals surface area contributed by atoms with Crippen molar-refractivity contribution in [2.45, 2.75) is 6.04 Å². The van der Waals surface area contributed by atoms with Crippen molar-refractivity contribution < 1.29 is 8.78 Å². The van der Waals surface area contributed by atoms with E-state index in [-0.39, 0.29) is 10.5 Å². The van der Waals surface area contributed by atoms with Crippen LogP contribution < -0.4 is 5.32 Å². The van der Waals surface area contributed by atoms with Gasteiger partial charge in [0.05, 0.1) is 10.5 Å². The van der Waals surface area contributed by atoms with E-state index in [1.807, 2.05) is 16.8 Å². The molecule has 90 valence electrons. The molecule has 1 aromatic heterocycles. The van der Waals surface area contributed by atoms with E-state index in [1.54, 1.807) is 7.05 Å². The summed E-state index contributed by atoms with van der Waals surface area (Å²) in [6.07, 6.45) is 0. The third-order valence-corrected chi connectivity index (χ3v) is 3.82. The zero-order chi connectivity index (χ0) is 12.4. The first-order valence-electron chi connectivity index (χ1n) is 4.97. The van der Waals surface area contributed by atoms with Gasteiger partial charge in [-0.1, -0.05) is 0 Å². The molecule has 0 spiro atoms. The van der Waals surface area contributed by atoms with E-state index in [1.165, 1.54) is 17.4 Å². The van der Waals surface area contributed by atoms with Gasteiger partial charge in [-0.2, -0.15) is 11.3 Å². The monoisotopic (exact) mass is 317 g/mol. The highest BCUT2D eigenvalue weighted by molar-refractivity contribution is 9.10. The Labute approximate surface area is 111 Å². The lowest BCUT2D eigenvalue weighted by Crippen LogP contribution is -2.18. The summed E-state index contributed by atoms with van der Waals surface area (Å²) in [4.78, 5) is 0. The second-order valence-electron chi connectivity index (χ2n) is 3.57. The normalized spacial score (nSPS) is 12.7. The molecule has 0 saturated carbocycles. The van der Waals surface area contributed by atoms with Crippen molar-refractivity contribution in [3.63, 3.8) is 0 Å². The van der Waals surface area contributed by atoms with E-state index < -0.39 is 11.6 Å². The standard InChI is InChI=1S/C12H10BrF2NS/c1-16-12(7-2-3-17-6-7)8-4-11(15)9(13)5-10(8)14/h2-6,12,16H,1H3. The van der Waals surface area contributed by atoms with E-state index in [9.17, 15) is 8.78 Å². The van der Waals surface area contributed by atoms with E-state index in [2.05, 4.69) is 21.2 Å². The first kappa shape index (κ1) is 12.7. The van der Waals surface area contributed by atoms with Crippen LogP contribution in [-0.4, -0.2) is 7.05 Å². The molecule has 0 aliphatic rings. The summed E-state index contributed by atoms with van der Waals surface area (Å²) in [5.41, 5.74) is 1.24. The highest BCUT2D eigenvalue weighted by Gasteiger charge is 2.18. The largest absolute Gasteiger partial charge is 0.309 e. The molecule has 0 amide bonds. The van der Waals surface area contributed by atoms with Gasteiger partial charge in [0.15, 0.2) is 0 Å². The molecule has 1 unspecified atom stereocenters. The fraction of sp³-hybridized carbons (Fsp3) is 0.167. The van der Waals surface area contributed by atoms with Crippen LogP contribution in [0.15, 0.2) is 33.4 Å². The number of thiophene rings is 1. The smallest absolute Gasteiger partial charge is 0.137 e. The Morgan fingerprint density at radius 1 is 1.29 bits per heavy atom. The maximum atomic E-state index is 13.8. The Balaban J connectivity index is 2.48. The maximum absolute atomic E-state index is 13.8. The minimum Gasteiger partial charge on any atom is -0.309 e. The van der Waals surface area contributed by atoms with Crippen LogP contribution in [0.3, 0.4) is 0 Å². The summed E-state index contributed by atoms with van der Waals surface area (Å²) < 4.78 is 27.4. The van der Waals surface area contributed by atoms with Gasteiger partial charge >= 0.3 is 0 Å². The predicted octanol–water partition coefficient (Wildman–Crippen LogP) is 4.10. The van der Waals surface area contributed by atoms with Crippen LogP contribution in [0.4, 0.5) is 8.78 Å². The molecule has 0 radical (unpaired) electrons. The van der Waals surface area contributed by atoms with Crippen LogP contribution >= 0.6 is 27.3 Å². The van der Waals surface area contributed by atoms with Crippen molar-refractivity contribution >= 4 is 27.3 Å². The third-order valence-electron chi connectivity index (χ3n) is 2.52. The topological polar surface area (TPSA) is 12.0 Å². The molecule has 17 heavy (non-hydrogen) atoms. The number of hydrogen-bond acceptors (Lipinski definition) is 2. The summed E-state index contributed by atoms with van der Waals surface area (Å²) in [5.74, 6) is -0.888. The van der Waals surface area contributed by atoms with Crippen LogP contribution in [0.5, 0.6) is 0 Å². The molecular weight excluding hydrogens is 308 g/mol. The van der Waals surface area contributed by atoms with Gasteiger partial charge in [-0.15, -0.1) is 0 Å². The molecule has 2 rings (SSSR count). The molecule has 0 bridgehead atoms. The lowest BCUT2D eigenvalue weighted by atomic mass is 10.0. The Morgan fingerprint density at radius 2 is 2.06 bits per heavy atom. The van der Waals surface area contributed by atoms with Crippen LogP contribution in [0.1, 0.15) is 17.2 Å². The van der Waals surface area contributed by atoms with Gasteiger partial charge < -0.3 is 5.32 Å². The number of rotatable bonds is 3. The lowest BCUT2D eigenvalue weighted by molar-refractivity contribution is 0.555. The van der Waals surface area contributed by atoms with Crippen molar-refractivity contribution in [1.82, 2.24) is 5.32 Å². The second-order valence-corrected chi connectivity index (χ2v) is 5.20. The Bertz CT molecular complexity index is 513. The fourth-order valence-electron chi connectivity index (χ4n) is 1.70. The first-order valence-corrected chi connectivity index (χ1v) is 6.71. The van der Waals surface area contributed by atoms with Gasteiger partial charge in [-0.3, -0.25) is 0 Å². The van der Waals surface area contributed by atoms with Gasteiger partial charge in [-0.25, -0.2) is 8.78 Å². The van der Waals surface area contributed by atoms with Crippen LogP contribution in [0.2, 0.25) is 0 Å². The van der Waals surface area contributed by atoms with Crippen molar-refractivity contribution in [3.05, 3.63) is 56.2 Å². The molecule has 1 nitrogen and oxygen atoms in total. The predicted molar refractivity (Wildman–Crippen MR) is 69.3 cm³/mol. The molecule has 1 heterocycles. The lowest BCUT2D eigenvalue weighted by Gasteiger charge is -2.16. The zero-order valence-electron chi connectivity index (χ0n) is 9.01. The number of halogens is 3. The molecule has 0 aliphatic carbocycles. The summed E-state index contributed by atoms with van der Waals surface area (Å²) >= 11 is 4.49. The zero-order valence-corrected chi connectivity index (χ0v) is 11.4. The van der Waals surface area contributed by atoms with Gasteiger partial charge in [0, 0.05) is 5.56 Å². The van der Waals surface area contributed by atoms with Crippen molar-refractivity contribution in [3.8, 4) is 0 Å². The molecule has 0 aliphatic heterocycles. The highest BCUT2D eigenvalue weighted by Crippen LogP contribution is 2.29. The quantitative estimate of drug-likeness (QED) is 0.840. The number of hydrogen-bond donors (Lipinski definition) is 1. The van der Waals surface area contributed by atoms with Crippen LogP contribution in [0, 0.1) is 11.6 Å². The van der Waals surface area contributed by atoms with Gasteiger partial charge in [0.1, 0.15) is 11.6 Å². The molecule has 0 fully saturated rings. The fourth-order valence-corrected chi connectivity index (χ4v) is 2.70. The molecular formula is C12H10BrF2NS.